The molecule has 17 heavy (non-hydrogen) atoms. The minimum atomic E-state index is -0.382. The molecule has 0 bridgehead atoms. The number of aliphatic hydroxyl groups is 1. The monoisotopic (exact) mass is 348 g/mol. The second-order valence-electron chi connectivity index (χ2n) is 4.23. The molecule has 1 N–H and O–H groups in total. The van der Waals surface area contributed by atoms with Gasteiger partial charge in [-0.2, -0.15) is 0 Å². The Bertz CT molecular complexity index is 369. The van der Waals surface area contributed by atoms with Crippen LogP contribution in [0.4, 0.5) is 0 Å². The Labute approximate surface area is 115 Å². The van der Waals surface area contributed by atoms with E-state index in [2.05, 4.69) is 29.5 Å². The molecule has 3 atom stereocenters. The summed E-state index contributed by atoms with van der Waals surface area (Å²) in [5, 5.41) is 9.65. The molecule has 1 aliphatic carbocycles. The first-order chi connectivity index (χ1) is 8.22. The van der Waals surface area contributed by atoms with Crippen molar-refractivity contribution in [2.45, 2.75) is 38.1 Å². The molecule has 0 spiro atoms. The molecular weight excluding hydrogens is 331 g/mol. The van der Waals surface area contributed by atoms with Crippen LogP contribution in [-0.2, 0) is 4.74 Å². The quantitative estimate of drug-likeness (QED) is 0.832. The van der Waals surface area contributed by atoms with Crippen LogP contribution < -0.4 is 4.74 Å². The molecule has 3 nitrogen and oxygen atoms in total. The van der Waals surface area contributed by atoms with Crippen molar-refractivity contribution in [3.05, 3.63) is 27.8 Å². The number of para-hydroxylation sites is 1. The van der Waals surface area contributed by atoms with Gasteiger partial charge in [0.2, 0.25) is 0 Å². The maximum Gasteiger partial charge on any atom is 0.133 e. The smallest absolute Gasteiger partial charge is 0.133 e. The summed E-state index contributed by atoms with van der Waals surface area (Å²) in [4.78, 5) is 0. The fourth-order valence-corrected chi connectivity index (χ4v) is 2.36. The van der Waals surface area contributed by atoms with Crippen LogP contribution >= 0.6 is 22.6 Å². The molecule has 1 aliphatic rings. The Balaban J connectivity index is 1.93. The number of benzene rings is 1. The maximum absolute atomic E-state index is 9.65. The molecule has 3 unspecified atom stereocenters. The molecule has 0 heterocycles. The summed E-state index contributed by atoms with van der Waals surface area (Å²) in [6.07, 6.45) is 1.03. The lowest BCUT2D eigenvalue weighted by Gasteiger charge is -2.40. The molecule has 1 saturated carbocycles. The summed E-state index contributed by atoms with van der Waals surface area (Å²) >= 11 is 2.25. The summed E-state index contributed by atoms with van der Waals surface area (Å²) in [6, 6.07) is 7.89. The third-order valence-corrected chi connectivity index (χ3v) is 3.74. The van der Waals surface area contributed by atoms with E-state index >= 15 is 0 Å². The van der Waals surface area contributed by atoms with E-state index < -0.39 is 0 Å². The number of rotatable bonds is 5. The van der Waals surface area contributed by atoms with Crippen molar-refractivity contribution < 1.29 is 14.6 Å². The van der Waals surface area contributed by atoms with E-state index in [1.165, 1.54) is 0 Å². The standard InChI is InChI=1S/C13H17IO3/c1-2-7-16-13-10(15)8-12(13)17-11-6-4-3-5-9(11)14/h3-6,10,12-13,15H,2,7-8H2,1H3. The third-order valence-electron chi connectivity index (χ3n) is 2.85. The van der Waals surface area contributed by atoms with Gasteiger partial charge in [-0.15, -0.1) is 0 Å². The van der Waals surface area contributed by atoms with Gasteiger partial charge in [-0.25, -0.2) is 0 Å². The van der Waals surface area contributed by atoms with E-state index in [-0.39, 0.29) is 18.3 Å². The first-order valence-corrected chi connectivity index (χ1v) is 7.01. The summed E-state index contributed by atoms with van der Waals surface area (Å²) in [5.41, 5.74) is 0. The van der Waals surface area contributed by atoms with E-state index in [0.29, 0.717) is 13.0 Å². The third kappa shape index (κ3) is 3.11. The van der Waals surface area contributed by atoms with Crippen LogP contribution in [0.5, 0.6) is 5.75 Å². The highest BCUT2D eigenvalue weighted by Gasteiger charge is 2.42. The van der Waals surface area contributed by atoms with Crippen LogP contribution in [0.3, 0.4) is 0 Å². The largest absolute Gasteiger partial charge is 0.486 e. The minimum Gasteiger partial charge on any atom is -0.486 e. The van der Waals surface area contributed by atoms with Gasteiger partial charge in [-0.05, 0) is 41.1 Å². The normalized spacial score (nSPS) is 27.6. The lowest BCUT2D eigenvalue weighted by molar-refractivity contribution is -0.162. The molecule has 2 rings (SSSR count). The van der Waals surface area contributed by atoms with E-state index in [1.54, 1.807) is 0 Å². The molecule has 1 aromatic rings. The van der Waals surface area contributed by atoms with Gasteiger partial charge >= 0.3 is 0 Å². The molecule has 4 heteroatoms. The van der Waals surface area contributed by atoms with E-state index in [9.17, 15) is 5.11 Å². The van der Waals surface area contributed by atoms with Crippen LogP contribution in [0.2, 0.25) is 0 Å². The molecule has 0 radical (unpaired) electrons. The molecule has 0 amide bonds. The lowest BCUT2D eigenvalue weighted by atomic mass is 9.88. The van der Waals surface area contributed by atoms with Crippen LogP contribution in [-0.4, -0.2) is 30.0 Å². The van der Waals surface area contributed by atoms with Gasteiger partial charge in [0.05, 0.1) is 9.67 Å². The zero-order valence-corrected chi connectivity index (χ0v) is 12.0. The topological polar surface area (TPSA) is 38.7 Å². The molecule has 1 fully saturated rings. The minimum absolute atomic E-state index is 0.0209. The number of aliphatic hydroxyl groups excluding tert-OH is 1. The zero-order valence-electron chi connectivity index (χ0n) is 9.80. The Hall–Kier alpha value is -0.330. The van der Waals surface area contributed by atoms with E-state index in [4.69, 9.17) is 9.47 Å². The van der Waals surface area contributed by atoms with Crippen molar-refractivity contribution >= 4 is 22.6 Å². The summed E-state index contributed by atoms with van der Waals surface area (Å²) in [7, 11) is 0. The average molecular weight is 348 g/mol. The van der Waals surface area contributed by atoms with Crippen molar-refractivity contribution in [2.75, 3.05) is 6.61 Å². The van der Waals surface area contributed by atoms with Gasteiger partial charge in [0.1, 0.15) is 18.0 Å². The second kappa shape index (κ2) is 6.02. The molecule has 94 valence electrons. The Morgan fingerprint density at radius 1 is 1.41 bits per heavy atom. The predicted octanol–water partition coefficient (Wildman–Crippen LogP) is 2.60. The summed E-state index contributed by atoms with van der Waals surface area (Å²) in [5.74, 6) is 0.870. The zero-order chi connectivity index (χ0) is 12.3. The van der Waals surface area contributed by atoms with Crippen LogP contribution in [0.25, 0.3) is 0 Å². The summed E-state index contributed by atoms with van der Waals surface area (Å²) in [6.45, 7) is 2.73. The van der Waals surface area contributed by atoms with Gasteiger partial charge in [0, 0.05) is 13.0 Å². The Morgan fingerprint density at radius 3 is 2.82 bits per heavy atom. The van der Waals surface area contributed by atoms with Gasteiger partial charge < -0.3 is 14.6 Å². The number of hydrogen-bond donors (Lipinski definition) is 1. The highest BCUT2D eigenvalue weighted by molar-refractivity contribution is 14.1. The molecule has 0 aliphatic heterocycles. The first-order valence-electron chi connectivity index (χ1n) is 5.93. The summed E-state index contributed by atoms with van der Waals surface area (Å²) < 4.78 is 12.5. The second-order valence-corrected chi connectivity index (χ2v) is 5.39. The maximum atomic E-state index is 9.65. The molecule has 1 aromatic carbocycles. The molecular formula is C13H17IO3. The average Bonchev–Trinajstić information content (AvgIpc) is 2.31. The van der Waals surface area contributed by atoms with Crippen molar-refractivity contribution in [2.24, 2.45) is 0 Å². The highest BCUT2D eigenvalue weighted by atomic mass is 127. The van der Waals surface area contributed by atoms with Crippen molar-refractivity contribution in [1.82, 2.24) is 0 Å². The highest BCUT2D eigenvalue weighted by Crippen LogP contribution is 2.31. The van der Waals surface area contributed by atoms with Crippen molar-refractivity contribution in [3.63, 3.8) is 0 Å². The van der Waals surface area contributed by atoms with Crippen LogP contribution in [0.15, 0.2) is 24.3 Å². The number of ether oxygens (including phenoxy) is 2. The number of hydrogen-bond acceptors (Lipinski definition) is 3. The van der Waals surface area contributed by atoms with Crippen LogP contribution in [0, 0.1) is 3.57 Å². The van der Waals surface area contributed by atoms with Crippen molar-refractivity contribution in [1.29, 1.82) is 0 Å². The number of halogens is 1. The fraction of sp³-hybridized carbons (Fsp3) is 0.538. The van der Waals surface area contributed by atoms with Crippen LogP contribution in [0.1, 0.15) is 19.8 Å². The Morgan fingerprint density at radius 2 is 2.18 bits per heavy atom. The van der Waals surface area contributed by atoms with Gasteiger partial charge in [-0.3, -0.25) is 0 Å². The first kappa shape index (κ1) is 13.1. The molecule has 0 aromatic heterocycles. The predicted molar refractivity (Wildman–Crippen MR) is 74.2 cm³/mol. The van der Waals surface area contributed by atoms with Gasteiger partial charge in [-0.1, -0.05) is 19.1 Å². The van der Waals surface area contributed by atoms with Crippen molar-refractivity contribution in [3.8, 4) is 5.75 Å². The van der Waals surface area contributed by atoms with E-state index in [1.807, 2.05) is 24.3 Å². The Kier molecular flexibility index (Phi) is 4.64. The lowest BCUT2D eigenvalue weighted by Crippen LogP contribution is -2.55. The van der Waals surface area contributed by atoms with Gasteiger partial charge in [0.25, 0.3) is 0 Å². The SMILES string of the molecule is CCCOC1C(O)CC1Oc1ccccc1I. The fourth-order valence-electron chi connectivity index (χ4n) is 1.85. The van der Waals surface area contributed by atoms with E-state index in [0.717, 1.165) is 15.7 Å². The van der Waals surface area contributed by atoms with Gasteiger partial charge in [0.15, 0.2) is 0 Å². The molecule has 0 saturated heterocycles.